The van der Waals surface area contributed by atoms with Crippen molar-refractivity contribution >= 4 is 5.65 Å². The molecule has 4 aromatic rings. The third-order valence-corrected chi connectivity index (χ3v) is 4.46. The average molecular weight is 399 g/mol. The highest BCUT2D eigenvalue weighted by Gasteiger charge is 2.32. The van der Waals surface area contributed by atoms with Crippen molar-refractivity contribution in [3.05, 3.63) is 88.9 Å². The molecule has 0 radical (unpaired) electrons. The normalized spacial score (nSPS) is 11.7. The standard InChI is InChI=1S/C20H13F3N4O2/c21-20(22,23)15-5-3-4-14(8-15)17-18(28)26-7-2-1-6-16(26)27(19(17)29)11-13-9-24-12-25-10-13/h1-10,12H,11H2/p+1. The fourth-order valence-electron chi connectivity index (χ4n) is 3.14. The summed E-state index contributed by atoms with van der Waals surface area (Å²) in [5, 5.41) is 10.9. The monoisotopic (exact) mass is 399 g/mol. The SMILES string of the molecule is O=c1c(-c2cccc(C(F)(F)F)c2)c(O)[n+](Cc2cncnc2)c2ccccn12. The minimum atomic E-state index is -4.57. The minimum absolute atomic E-state index is 0.0290. The van der Waals surface area contributed by atoms with Crippen LogP contribution < -0.4 is 10.1 Å². The predicted molar refractivity (Wildman–Crippen MR) is 97.1 cm³/mol. The molecule has 6 nitrogen and oxygen atoms in total. The number of alkyl halides is 3. The predicted octanol–water partition coefficient (Wildman–Crippen LogP) is 2.82. The molecule has 0 amide bonds. The van der Waals surface area contributed by atoms with E-state index in [1.165, 1.54) is 33.6 Å². The van der Waals surface area contributed by atoms with Gasteiger partial charge in [0.2, 0.25) is 0 Å². The summed E-state index contributed by atoms with van der Waals surface area (Å²) >= 11 is 0. The molecule has 0 unspecified atom stereocenters. The van der Waals surface area contributed by atoms with Gasteiger partial charge in [0, 0.05) is 24.0 Å². The number of nitrogens with zero attached hydrogens (tertiary/aromatic N) is 4. The average Bonchev–Trinajstić information content (AvgIpc) is 2.72. The lowest BCUT2D eigenvalue weighted by molar-refractivity contribution is -0.671. The number of rotatable bonds is 3. The summed E-state index contributed by atoms with van der Waals surface area (Å²) in [4.78, 5) is 20.9. The number of halogens is 3. The molecule has 0 saturated heterocycles. The van der Waals surface area contributed by atoms with Gasteiger partial charge >= 0.3 is 11.7 Å². The first-order valence-electron chi connectivity index (χ1n) is 8.54. The first kappa shape index (κ1) is 18.6. The number of benzene rings is 1. The summed E-state index contributed by atoms with van der Waals surface area (Å²) in [6, 6.07) is 9.26. The zero-order valence-corrected chi connectivity index (χ0v) is 14.8. The van der Waals surface area contributed by atoms with Gasteiger partial charge in [-0.1, -0.05) is 18.2 Å². The van der Waals surface area contributed by atoms with Gasteiger partial charge in [0.15, 0.2) is 5.56 Å². The molecule has 0 aliphatic heterocycles. The summed E-state index contributed by atoms with van der Waals surface area (Å²) < 4.78 is 42.1. The van der Waals surface area contributed by atoms with Gasteiger partial charge in [-0.3, -0.25) is 0 Å². The van der Waals surface area contributed by atoms with E-state index in [-0.39, 0.29) is 17.7 Å². The molecule has 0 fully saturated rings. The van der Waals surface area contributed by atoms with E-state index in [1.807, 2.05) is 0 Å². The molecule has 1 aromatic carbocycles. The van der Waals surface area contributed by atoms with E-state index >= 15 is 0 Å². The lowest BCUT2D eigenvalue weighted by Gasteiger charge is -2.11. The summed E-state index contributed by atoms with van der Waals surface area (Å²) in [5.41, 5.74) is -0.773. The van der Waals surface area contributed by atoms with Crippen LogP contribution in [0.15, 0.2) is 72.2 Å². The first-order valence-corrected chi connectivity index (χ1v) is 8.54. The van der Waals surface area contributed by atoms with Gasteiger partial charge in [-0.2, -0.15) is 22.1 Å². The lowest BCUT2D eigenvalue weighted by Crippen LogP contribution is -2.41. The first-order chi connectivity index (χ1) is 13.9. The van der Waals surface area contributed by atoms with Crippen LogP contribution >= 0.6 is 0 Å². The molecule has 0 atom stereocenters. The van der Waals surface area contributed by atoms with Crippen LogP contribution in [-0.4, -0.2) is 19.5 Å². The summed E-state index contributed by atoms with van der Waals surface area (Å²) in [6.45, 7) is 0.117. The Bertz CT molecular complexity index is 1250. The second kappa shape index (κ2) is 7.01. The van der Waals surface area contributed by atoms with Gasteiger partial charge in [-0.15, -0.1) is 0 Å². The third-order valence-electron chi connectivity index (χ3n) is 4.46. The highest BCUT2D eigenvalue weighted by molar-refractivity contribution is 5.68. The van der Waals surface area contributed by atoms with E-state index in [4.69, 9.17) is 0 Å². The van der Waals surface area contributed by atoms with Gasteiger partial charge in [-0.05, 0) is 23.8 Å². The van der Waals surface area contributed by atoms with Crippen molar-refractivity contribution in [3.8, 4) is 17.0 Å². The van der Waals surface area contributed by atoms with Crippen molar-refractivity contribution in [1.82, 2.24) is 14.4 Å². The van der Waals surface area contributed by atoms with Crippen LogP contribution in [0.5, 0.6) is 5.88 Å². The smallest absolute Gasteiger partial charge is 0.416 e. The van der Waals surface area contributed by atoms with Crippen molar-refractivity contribution < 1.29 is 22.8 Å². The maximum absolute atomic E-state index is 13.1. The van der Waals surface area contributed by atoms with Crippen LogP contribution in [0.2, 0.25) is 0 Å². The molecule has 0 bridgehead atoms. The molecular weight excluding hydrogens is 385 g/mol. The van der Waals surface area contributed by atoms with Crippen LogP contribution in [0, 0.1) is 0 Å². The number of aromatic nitrogens is 4. The zero-order valence-electron chi connectivity index (χ0n) is 14.8. The van der Waals surface area contributed by atoms with Gasteiger partial charge < -0.3 is 5.11 Å². The van der Waals surface area contributed by atoms with E-state index in [2.05, 4.69) is 9.97 Å². The van der Waals surface area contributed by atoms with Crippen molar-refractivity contribution in [3.63, 3.8) is 0 Å². The molecule has 1 N–H and O–H groups in total. The minimum Gasteiger partial charge on any atom is -0.477 e. The lowest BCUT2D eigenvalue weighted by atomic mass is 10.0. The Balaban J connectivity index is 2.00. The van der Waals surface area contributed by atoms with E-state index in [9.17, 15) is 23.1 Å². The maximum atomic E-state index is 13.1. The molecule has 0 saturated carbocycles. The van der Waals surface area contributed by atoms with Gasteiger partial charge in [0.05, 0.1) is 11.8 Å². The largest absolute Gasteiger partial charge is 0.477 e. The van der Waals surface area contributed by atoms with Crippen LogP contribution in [0.3, 0.4) is 0 Å². The Hall–Kier alpha value is -3.75. The third kappa shape index (κ3) is 3.42. The molecule has 29 heavy (non-hydrogen) atoms. The number of fused-ring (bicyclic) bond motifs is 1. The van der Waals surface area contributed by atoms with Crippen molar-refractivity contribution in [2.24, 2.45) is 0 Å². The highest BCUT2D eigenvalue weighted by Crippen LogP contribution is 2.33. The second-order valence-electron chi connectivity index (χ2n) is 6.34. The molecule has 9 heteroatoms. The summed E-state index contributed by atoms with van der Waals surface area (Å²) in [6.07, 6.45) is 1.37. The van der Waals surface area contributed by atoms with E-state index in [0.717, 1.165) is 12.1 Å². The van der Waals surface area contributed by atoms with Gasteiger partial charge in [0.1, 0.15) is 12.9 Å². The number of hydrogen-bond donors (Lipinski definition) is 1. The Kier molecular flexibility index (Phi) is 4.50. The van der Waals surface area contributed by atoms with Crippen LogP contribution in [0.1, 0.15) is 11.1 Å². The summed E-state index contributed by atoms with van der Waals surface area (Å²) in [7, 11) is 0. The zero-order chi connectivity index (χ0) is 20.6. The highest BCUT2D eigenvalue weighted by atomic mass is 19.4. The van der Waals surface area contributed by atoms with Crippen molar-refractivity contribution in [2.45, 2.75) is 12.7 Å². The van der Waals surface area contributed by atoms with Crippen LogP contribution in [-0.2, 0) is 12.7 Å². The van der Waals surface area contributed by atoms with Gasteiger partial charge in [0.25, 0.3) is 11.5 Å². The topological polar surface area (TPSA) is 71.4 Å². The molecule has 3 heterocycles. The van der Waals surface area contributed by atoms with Crippen LogP contribution in [0.4, 0.5) is 13.2 Å². The molecule has 4 rings (SSSR count). The maximum Gasteiger partial charge on any atom is 0.416 e. The number of pyridine rings is 1. The van der Waals surface area contributed by atoms with Crippen molar-refractivity contribution in [2.75, 3.05) is 0 Å². The van der Waals surface area contributed by atoms with Crippen molar-refractivity contribution in [1.29, 1.82) is 0 Å². The Morgan fingerprint density at radius 3 is 2.55 bits per heavy atom. The molecule has 146 valence electrons. The van der Waals surface area contributed by atoms with E-state index in [0.29, 0.717) is 11.2 Å². The quantitative estimate of drug-likeness (QED) is 0.538. The molecule has 0 spiro atoms. The molecular formula is C20H14F3N4O2+. The van der Waals surface area contributed by atoms with Crippen LogP contribution in [0.25, 0.3) is 16.8 Å². The Morgan fingerprint density at radius 1 is 1.07 bits per heavy atom. The van der Waals surface area contributed by atoms with Gasteiger partial charge in [-0.25, -0.2) is 14.8 Å². The Labute approximate surface area is 162 Å². The second-order valence-corrected chi connectivity index (χ2v) is 6.34. The summed E-state index contributed by atoms with van der Waals surface area (Å²) in [5.74, 6) is -0.440. The van der Waals surface area contributed by atoms with E-state index in [1.54, 1.807) is 30.6 Å². The molecule has 3 aromatic heterocycles. The number of hydrogen-bond acceptors (Lipinski definition) is 4. The fourth-order valence-corrected chi connectivity index (χ4v) is 3.14. The Morgan fingerprint density at radius 2 is 1.83 bits per heavy atom. The molecule has 0 aliphatic rings. The fraction of sp³-hybridized carbons (Fsp3) is 0.100. The molecule has 0 aliphatic carbocycles. The van der Waals surface area contributed by atoms with E-state index < -0.39 is 23.2 Å². The number of aromatic hydroxyl groups is 1.